The second-order valence-electron chi connectivity index (χ2n) is 6.44. The van der Waals surface area contributed by atoms with E-state index >= 15 is 0 Å². The van der Waals surface area contributed by atoms with Crippen molar-refractivity contribution in [2.45, 2.75) is 6.92 Å². The predicted molar refractivity (Wildman–Crippen MR) is 121 cm³/mol. The summed E-state index contributed by atoms with van der Waals surface area (Å²) in [5.74, 6) is -0.228. The third-order valence-electron chi connectivity index (χ3n) is 4.56. The van der Waals surface area contributed by atoms with Crippen molar-refractivity contribution in [2.75, 3.05) is 0 Å². The normalized spacial score (nSPS) is 16.6. The summed E-state index contributed by atoms with van der Waals surface area (Å²) in [7, 11) is 1.81. The van der Waals surface area contributed by atoms with E-state index in [2.05, 4.69) is 26.2 Å². The van der Waals surface area contributed by atoms with E-state index < -0.39 is 0 Å². The van der Waals surface area contributed by atoms with Crippen LogP contribution in [0.25, 0.3) is 11.8 Å². The molecule has 4 rings (SSSR count). The molecule has 1 fully saturated rings. The first-order chi connectivity index (χ1) is 13.9. The third kappa shape index (κ3) is 3.86. The lowest BCUT2D eigenvalue weighted by Gasteiger charge is -2.07. The van der Waals surface area contributed by atoms with Crippen LogP contribution in [-0.4, -0.2) is 20.4 Å². The molecule has 3 aromatic rings. The van der Waals surface area contributed by atoms with Gasteiger partial charge >= 0.3 is 0 Å². The van der Waals surface area contributed by atoms with Crippen LogP contribution in [0.2, 0.25) is 0 Å². The zero-order valence-corrected chi connectivity index (χ0v) is 18.1. The van der Waals surface area contributed by atoms with Crippen molar-refractivity contribution in [1.29, 1.82) is 0 Å². The van der Waals surface area contributed by atoms with Gasteiger partial charge in [0.15, 0.2) is 10.9 Å². The Bertz CT molecular complexity index is 1210. The van der Waals surface area contributed by atoms with Crippen molar-refractivity contribution in [1.82, 2.24) is 14.7 Å². The van der Waals surface area contributed by atoms with Crippen LogP contribution in [0.15, 0.2) is 73.8 Å². The molecule has 1 aliphatic rings. The molecule has 29 heavy (non-hydrogen) atoms. The number of carbonyl (C=O) groups excluding carboxylic acids is 1. The maximum Gasteiger partial charge on any atom is 0.297 e. The fraction of sp³-hybridized carbons (Fsp3) is 0.0952. The molecule has 6 nitrogen and oxygen atoms in total. The molecular weight excluding hydrogens is 452 g/mol. The Kier molecular flexibility index (Phi) is 5.29. The maximum atomic E-state index is 13.0. The Morgan fingerprint density at radius 1 is 1.07 bits per heavy atom. The third-order valence-corrected chi connectivity index (χ3v) is 5.99. The maximum absolute atomic E-state index is 13.0. The van der Waals surface area contributed by atoms with Crippen molar-refractivity contribution < 1.29 is 4.79 Å². The number of rotatable bonds is 3. The van der Waals surface area contributed by atoms with Gasteiger partial charge in [0.25, 0.3) is 11.5 Å². The van der Waals surface area contributed by atoms with Crippen LogP contribution in [0.3, 0.4) is 0 Å². The number of hydrogen-bond donors (Lipinski definition) is 1. The Morgan fingerprint density at radius 2 is 1.76 bits per heavy atom. The molecule has 0 spiro atoms. The highest BCUT2D eigenvalue weighted by Crippen LogP contribution is 2.28. The second-order valence-corrected chi connectivity index (χ2v) is 8.39. The van der Waals surface area contributed by atoms with Gasteiger partial charge in [0.2, 0.25) is 0 Å². The van der Waals surface area contributed by atoms with E-state index in [0.717, 1.165) is 15.7 Å². The molecule has 1 N–H and O–H groups in total. The monoisotopic (exact) mass is 468 g/mol. The van der Waals surface area contributed by atoms with Gasteiger partial charge in [-0.15, -0.1) is 0 Å². The van der Waals surface area contributed by atoms with Gasteiger partial charge in [0, 0.05) is 11.5 Å². The summed E-state index contributed by atoms with van der Waals surface area (Å²) in [6.07, 6.45) is 1.80. The van der Waals surface area contributed by atoms with E-state index in [1.54, 1.807) is 15.4 Å². The molecule has 1 saturated heterocycles. The molecule has 0 radical (unpaired) electrons. The molecule has 146 valence electrons. The first kappa shape index (κ1) is 19.5. The Balaban J connectivity index is 1.68. The number of thioether (sulfide) groups is 1. The fourth-order valence-electron chi connectivity index (χ4n) is 2.98. The van der Waals surface area contributed by atoms with E-state index in [-0.39, 0.29) is 11.5 Å². The topological polar surface area (TPSA) is 68.4 Å². The van der Waals surface area contributed by atoms with E-state index in [1.165, 1.54) is 11.8 Å². The lowest BCUT2D eigenvalue weighted by atomic mass is 10.2. The standard InChI is InChI=1S/C21H17BrN4O2S/c1-13-18(20(28)26(25(13)2)16-6-4-3-5-7-16)23-21-24-19(27)17(29-21)12-14-8-10-15(22)11-9-14/h3-12H,1-2H3,(H,23,24,27)/b17-12-. The van der Waals surface area contributed by atoms with Gasteiger partial charge in [-0.25, -0.2) is 9.67 Å². The van der Waals surface area contributed by atoms with Gasteiger partial charge in [-0.2, -0.15) is 0 Å². The first-order valence-corrected chi connectivity index (χ1v) is 10.4. The van der Waals surface area contributed by atoms with Crippen LogP contribution in [0, 0.1) is 6.92 Å². The number of carbonyl (C=O) groups is 1. The zero-order valence-electron chi connectivity index (χ0n) is 15.7. The lowest BCUT2D eigenvalue weighted by Crippen LogP contribution is -2.21. The largest absolute Gasteiger partial charge is 0.300 e. The number of hydrogen-bond acceptors (Lipinski definition) is 4. The Morgan fingerprint density at radius 3 is 2.45 bits per heavy atom. The first-order valence-electron chi connectivity index (χ1n) is 8.83. The van der Waals surface area contributed by atoms with Crippen molar-refractivity contribution in [2.24, 2.45) is 12.0 Å². The van der Waals surface area contributed by atoms with Gasteiger partial charge in [0.05, 0.1) is 16.3 Å². The van der Waals surface area contributed by atoms with Crippen LogP contribution < -0.4 is 10.9 Å². The van der Waals surface area contributed by atoms with Crippen LogP contribution >= 0.6 is 27.7 Å². The molecule has 0 bridgehead atoms. The second kappa shape index (κ2) is 7.88. The molecule has 1 aliphatic heterocycles. The minimum absolute atomic E-state index is 0.228. The van der Waals surface area contributed by atoms with Gasteiger partial charge < -0.3 is 5.32 Å². The van der Waals surface area contributed by atoms with Gasteiger partial charge in [-0.3, -0.25) is 14.3 Å². The number of nitrogens with one attached hydrogen (secondary N) is 1. The van der Waals surface area contributed by atoms with Crippen LogP contribution in [0.1, 0.15) is 11.3 Å². The summed E-state index contributed by atoms with van der Waals surface area (Å²) in [4.78, 5) is 30.3. The van der Waals surface area contributed by atoms with Crippen molar-refractivity contribution in [3.05, 3.63) is 85.6 Å². The summed E-state index contributed by atoms with van der Waals surface area (Å²) in [5.41, 5.74) is 2.46. The molecule has 2 heterocycles. The number of halogens is 1. The lowest BCUT2D eigenvalue weighted by molar-refractivity contribution is -0.115. The zero-order chi connectivity index (χ0) is 20.5. The molecule has 1 aromatic heterocycles. The highest BCUT2D eigenvalue weighted by atomic mass is 79.9. The summed E-state index contributed by atoms with van der Waals surface area (Å²) < 4.78 is 4.30. The van der Waals surface area contributed by atoms with Crippen LogP contribution in [0.5, 0.6) is 0 Å². The number of amides is 1. The Hall–Kier alpha value is -2.84. The number of benzene rings is 2. The summed E-state index contributed by atoms with van der Waals surface area (Å²) in [5, 5.41) is 3.14. The van der Waals surface area contributed by atoms with Crippen molar-refractivity contribution in [3.8, 4) is 5.69 Å². The number of para-hydroxylation sites is 1. The molecular formula is C21H17BrN4O2S. The molecule has 1 amide bonds. The van der Waals surface area contributed by atoms with Crippen LogP contribution in [0.4, 0.5) is 5.69 Å². The van der Waals surface area contributed by atoms with Gasteiger partial charge in [-0.1, -0.05) is 46.3 Å². The number of aromatic nitrogens is 2. The number of amidine groups is 1. The molecule has 0 atom stereocenters. The van der Waals surface area contributed by atoms with Crippen LogP contribution in [-0.2, 0) is 11.8 Å². The highest BCUT2D eigenvalue weighted by Gasteiger charge is 2.25. The van der Waals surface area contributed by atoms with Crippen molar-refractivity contribution >= 4 is 50.5 Å². The van der Waals surface area contributed by atoms with Gasteiger partial charge in [-0.05, 0) is 54.6 Å². The smallest absolute Gasteiger partial charge is 0.297 e. The van der Waals surface area contributed by atoms with E-state index in [4.69, 9.17) is 0 Å². The molecule has 8 heteroatoms. The van der Waals surface area contributed by atoms with E-state index in [0.29, 0.717) is 21.5 Å². The predicted octanol–water partition coefficient (Wildman–Crippen LogP) is 4.14. The van der Waals surface area contributed by atoms with E-state index in [9.17, 15) is 9.59 Å². The molecule has 0 unspecified atom stereocenters. The van der Waals surface area contributed by atoms with Crippen molar-refractivity contribution in [3.63, 3.8) is 0 Å². The average molecular weight is 469 g/mol. The number of nitrogens with zero attached hydrogens (tertiary/aromatic N) is 3. The number of aliphatic imine (C=N–C) groups is 1. The summed E-state index contributed by atoms with van der Waals surface area (Å²) in [6.45, 7) is 1.83. The average Bonchev–Trinajstić information content (AvgIpc) is 3.16. The minimum Gasteiger partial charge on any atom is -0.300 e. The molecule has 0 saturated carbocycles. The van der Waals surface area contributed by atoms with E-state index in [1.807, 2.05) is 68.6 Å². The molecule has 0 aliphatic carbocycles. The SMILES string of the molecule is Cc1c(N=C2NC(=O)/C(=C/c3ccc(Br)cc3)S2)c(=O)n(-c2ccccc2)n1C. The summed E-state index contributed by atoms with van der Waals surface area (Å²) in [6, 6.07) is 17.0. The van der Waals surface area contributed by atoms with Gasteiger partial charge in [0.1, 0.15) is 0 Å². The minimum atomic E-state index is -0.233. The highest BCUT2D eigenvalue weighted by molar-refractivity contribution is 9.10. The Labute approximate surface area is 180 Å². The quantitative estimate of drug-likeness (QED) is 0.587. The molecule has 2 aromatic carbocycles. The summed E-state index contributed by atoms with van der Waals surface area (Å²) >= 11 is 4.62. The fourth-order valence-corrected chi connectivity index (χ4v) is 4.07.